The maximum atomic E-state index is 11.4. The molecule has 2 aromatic heterocycles. The van der Waals surface area contributed by atoms with E-state index in [4.69, 9.17) is 4.74 Å². The van der Waals surface area contributed by atoms with Crippen molar-refractivity contribution >= 4 is 11.5 Å². The van der Waals surface area contributed by atoms with Crippen LogP contribution in [0.1, 0.15) is 5.56 Å². The van der Waals surface area contributed by atoms with Crippen LogP contribution in [0.5, 0.6) is 11.6 Å². The normalized spacial score (nSPS) is 10.2. The predicted octanol–water partition coefficient (Wildman–Crippen LogP) is 3.18. The van der Waals surface area contributed by atoms with Gasteiger partial charge < -0.3 is 10.1 Å². The van der Waals surface area contributed by atoms with Crippen LogP contribution >= 0.6 is 0 Å². The Labute approximate surface area is 137 Å². The minimum atomic E-state index is -0.570. The summed E-state index contributed by atoms with van der Waals surface area (Å²) in [6.07, 6.45) is 4.24. The Bertz CT molecular complexity index is 828. The Morgan fingerprint density at radius 2 is 1.96 bits per heavy atom. The first-order chi connectivity index (χ1) is 11.7. The van der Waals surface area contributed by atoms with Crippen LogP contribution < -0.4 is 10.1 Å². The van der Waals surface area contributed by atoms with Crippen molar-refractivity contribution in [2.24, 2.45) is 0 Å². The van der Waals surface area contributed by atoms with E-state index in [1.165, 1.54) is 12.5 Å². The van der Waals surface area contributed by atoms with Gasteiger partial charge in [0.15, 0.2) is 0 Å². The topological polar surface area (TPSA) is 103 Å². The van der Waals surface area contributed by atoms with E-state index in [9.17, 15) is 10.1 Å². The lowest BCUT2D eigenvalue weighted by Crippen LogP contribution is -2.07. The Morgan fingerprint density at radius 3 is 2.67 bits per heavy atom. The van der Waals surface area contributed by atoms with Crippen LogP contribution in [0.2, 0.25) is 0 Å². The first-order valence-corrected chi connectivity index (χ1v) is 7.09. The van der Waals surface area contributed by atoms with Crippen LogP contribution in [0.3, 0.4) is 0 Å². The maximum absolute atomic E-state index is 11.4. The highest BCUT2D eigenvalue weighted by Gasteiger charge is 2.24. The van der Waals surface area contributed by atoms with Gasteiger partial charge in [-0.15, -0.1) is 0 Å². The number of nitro groups is 1. The van der Waals surface area contributed by atoms with Crippen LogP contribution in [0.25, 0.3) is 0 Å². The smallest absolute Gasteiger partial charge is 0.373 e. The van der Waals surface area contributed by atoms with Gasteiger partial charge in [-0.2, -0.15) is 4.98 Å². The molecule has 8 nitrogen and oxygen atoms in total. The third kappa shape index (κ3) is 3.61. The third-order valence-corrected chi connectivity index (χ3v) is 3.12. The van der Waals surface area contributed by atoms with E-state index < -0.39 is 4.92 Å². The van der Waals surface area contributed by atoms with Crippen molar-refractivity contribution in [3.05, 3.63) is 76.9 Å². The number of ether oxygens (including phenoxy) is 1. The van der Waals surface area contributed by atoms with Gasteiger partial charge in [0.05, 0.1) is 11.1 Å². The second-order valence-corrected chi connectivity index (χ2v) is 4.76. The Hall–Kier alpha value is -3.55. The van der Waals surface area contributed by atoms with Crippen LogP contribution in [0.15, 0.2) is 61.2 Å². The van der Waals surface area contributed by atoms with Crippen LogP contribution in [0.4, 0.5) is 11.5 Å². The summed E-state index contributed by atoms with van der Waals surface area (Å²) in [5.74, 6) is 0.310. The largest absolute Gasteiger partial charge is 0.432 e. The average molecular weight is 323 g/mol. The molecule has 0 spiro atoms. The summed E-state index contributed by atoms with van der Waals surface area (Å²) < 4.78 is 5.47. The molecular formula is C16H13N5O3. The molecule has 0 amide bonds. The number of hydrogen-bond donors (Lipinski definition) is 1. The molecule has 0 aliphatic carbocycles. The van der Waals surface area contributed by atoms with Crippen molar-refractivity contribution in [2.45, 2.75) is 6.54 Å². The standard InChI is InChI=1S/C16H13N5O3/c22-21(23)14-15(18-9-12-5-2-1-3-6-12)19-11-20-16(14)24-13-7-4-8-17-10-13/h1-8,10-11H,9H2,(H,18,19,20). The van der Waals surface area contributed by atoms with Gasteiger partial charge >= 0.3 is 11.6 Å². The Balaban J connectivity index is 1.86. The van der Waals surface area contributed by atoms with Crippen molar-refractivity contribution in [3.8, 4) is 11.6 Å². The Morgan fingerprint density at radius 1 is 1.12 bits per heavy atom. The number of benzene rings is 1. The number of rotatable bonds is 6. The highest BCUT2D eigenvalue weighted by atomic mass is 16.6. The van der Waals surface area contributed by atoms with E-state index in [-0.39, 0.29) is 17.4 Å². The van der Waals surface area contributed by atoms with Gasteiger partial charge in [-0.05, 0) is 17.7 Å². The fourth-order valence-electron chi connectivity index (χ4n) is 2.03. The van der Waals surface area contributed by atoms with Gasteiger partial charge in [-0.3, -0.25) is 15.1 Å². The third-order valence-electron chi connectivity index (χ3n) is 3.12. The zero-order chi connectivity index (χ0) is 16.8. The molecule has 24 heavy (non-hydrogen) atoms. The zero-order valence-corrected chi connectivity index (χ0v) is 12.5. The number of pyridine rings is 1. The summed E-state index contributed by atoms with van der Waals surface area (Å²) in [6.45, 7) is 0.394. The van der Waals surface area contributed by atoms with E-state index in [0.717, 1.165) is 5.56 Å². The van der Waals surface area contributed by atoms with Crippen molar-refractivity contribution in [1.82, 2.24) is 15.0 Å². The van der Waals surface area contributed by atoms with Crippen LogP contribution in [-0.4, -0.2) is 19.9 Å². The molecule has 3 aromatic rings. The first kappa shape index (κ1) is 15.3. The molecule has 0 bridgehead atoms. The van der Waals surface area contributed by atoms with Gasteiger partial charge in [0.1, 0.15) is 12.1 Å². The lowest BCUT2D eigenvalue weighted by molar-refractivity contribution is -0.385. The second-order valence-electron chi connectivity index (χ2n) is 4.76. The number of anilines is 1. The summed E-state index contributed by atoms with van der Waals surface area (Å²) in [5, 5.41) is 14.4. The van der Waals surface area contributed by atoms with E-state index in [2.05, 4.69) is 20.3 Å². The molecule has 0 saturated carbocycles. The van der Waals surface area contributed by atoms with Gasteiger partial charge in [0.25, 0.3) is 0 Å². The Kier molecular flexibility index (Phi) is 4.57. The number of nitrogens with one attached hydrogen (secondary N) is 1. The van der Waals surface area contributed by atoms with Gasteiger partial charge in [-0.1, -0.05) is 30.3 Å². The monoisotopic (exact) mass is 323 g/mol. The van der Waals surface area contributed by atoms with E-state index in [0.29, 0.717) is 12.3 Å². The summed E-state index contributed by atoms with van der Waals surface area (Å²) in [6, 6.07) is 12.8. The molecule has 2 heterocycles. The van der Waals surface area contributed by atoms with Crippen molar-refractivity contribution < 1.29 is 9.66 Å². The molecule has 0 aliphatic heterocycles. The molecule has 8 heteroatoms. The molecule has 0 radical (unpaired) electrons. The van der Waals surface area contributed by atoms with Gasteiger partial charge in [0, 0.05) is 12.7 Å². The summed E-state index contributed by atoms with van der Waals surface area (Å²) >= 11 is 0. The molecule has 0 fully saturated rings. The lowest BCUT2D eigenvalue weighted by Gasteiger charge is -2.09. The molecule has 1 N–H and O–H groups in total. The minimum Gasteiger partial charge on any atom is -0.432 e. The van der Waals surface area contributed by atoms with E-state index in [1.807, 2.05) is 30.3 Å². The number of hydrogen-bond acceptors (Lipinski definition) is 7. The quantitative estimate of drug-likeness (QED) is 0.549. The minimum absolute atomic E-state index is 0.0951. The number of aromatic nitrogens is 3. The van der Waals surface area contributed by atoms with E-state index >= 15 is 0 Å². The fourth-order valence-corrected chi connectivity index (χ4v) is 2.03. The van der Waals surface area contributed by atoms with Gasteiger partial charge in [0.2, 0.25) is 5.82 Å². The zero-order valence-electron chi connectivity index (χ0n) is 12.5. The molecule has 3 rings (SSSR count). The van der Waals surface area contributed by atoms with Crippen LogP contribution in [0, 0.1) is 10.1 Å². The molecule has 120 valence electrons. The molecule has 0 saturated heterocycles. The van der Waals surface area contributed by atoms with Gasteiger partial charge in [-0.25, -0.2) is 4.98 Å². The first-order valence-electron chi connectivity index (χ1n) is 7.09. The second kappa shape index (κ2) is 7.14. The summed E-state index contributed by atoms with van der Waals surface area (Å²) in [5.41, 5.74) is 0.650. The van der Waals surface area contributed by atoms with Crippen LogP contribution in [-0.2, 0) is 6.54 Å². The number of nitrogens with zero attached hydrogens (tertiary/aromatic N) is 4. The SMILES string of the molecule is O=[N+]([O-])c1c(NCc2ccccc2)ncnc1Oc1cccnc1. The summed E-state index contributed by atoms with van der Waals surface area (Å²) in [4.78, 5) is 22.6. The highest BCUT2D eigenvalue weighted by molar-refractivity contribution is 5.61. The highest BCUT2D eigenvalue weighted by Crippen LogP contribution is 2.33. The van der Waals surface area contributed by atoms with Crippen molar-refractivity contribution in [3.63, 3.8) is 0 Å². The molecular weight excluding hydrogens is 310 g/mol. The fraction of sp³-hybridized carbons (Fsp3) is 0.0625. The van der Waals surface area contributed by atoms with Crippen molar-refractivity contribution in [1.29, 1.82) is 0 Å². The molecule has 1 aromatic carbocycles. The molecule has 0 atom stereocenters. The predicted molar refractivity (Wildman–Crippen MR) is 86.8 cm³/mol. The average Bonchev–Trinajstić information content (AvgIpc) is 2.61. The lowest BCUT2D eigenvalue weighted by atomic mass is 10.2. The van der Waals surface area contributed by atoms with E-state index in [1.54, 1.807) is 18.3 Å². The van der Waals surface area contributed by atoms with Crippen molar-refractivity contribution in [2.75, 3.05) is 5.32 Å². The molecule has 0 unspecified atom stereocenters. The summed E-state index contributed by atoms with van der Waals surface area (Å²) in [7, 11) is 0. The maximum Gasteiger partial charge on any atom is 0.373 e. The molecule has 0 aliphatic rings.